The fraction of sp³-hybridized carbons (Fsp3) is 0.259. The molecule has 1 amide bonds. The van der Waals surface area contributed by atoms with Gasteiger partial charge in [0.25, 0.3) is 5.91 Å². The minimum absolute atomic E-state index is 0.117. The number of thiophene rings is 1. The topological polar surface area (TPSA) is 59.4 Å². The van der Waals surface area contributed by atoms with Gasteiger partial charge < -0.3 is 10.1 Å². The molecule has 4 aromatic rings. The van der Waals surface area contributed by atoms with Crippen LogP contribution in [-0.4, -0.2) is 53.4 Å². The highest BCUT2D eigenvalue weighted by molar-refractivity contribution is 7.10. The predicted molar refractivity (Wildman–Crippen MR) is 136 cm³/mol. The Hall–Kier alpha value is -3.26. The smallest absolute Gasteiger partial charge is 0.255 e. The Kier molecular flexibility index (Phi) is 6.85. The van der Waals surface area contributed by atoms with E-state index in [0.29, 0.717) is 17.8 Å². The summed E-state index contributed by atoms with van der Waals surface area (Å²) in [6, 6.07) is 22.3. The molecule has 3 heterocycles. The van der Waals surface area contributed by atoms with Crippen molar-refractivity contribution in [3.05, 3.63) is 94.3 Å². The van der Waals surface area contributed by atoms with Crippen molar-refractivity contribution in [1.82, 2.24) is 20.0 Å². The predicted octanol–water partition coefficient (Wildman–Crippen LogP) is 4.71. The number of nitrogens with zero attached hydrogens (tertiary/aromatic N) is 3. The molecule has 0 spiro atoms. The summed E-state index contributed by atoms with van der Waals surface area (Å²) < 4.78 is 7.33. The quantitative estimate of drug-likeness (QED) is 0.423. The third-order valence-corrected chi connectivity index (χ3v) is 7.06. The van der Waals surface area contributed by atoms with Gasteiger partial charge in [-0.2, -0.15) is 5.10 Å². The average Bonchev–Trinajstić information content (AvgIpc) is 3.56. The summed E-state index contributed by atoms with van der Waals surface area (Å²) in [6.07, 6.45) is 1.83. The number of amides is 1. The number of hydrogen-bond acceptors (Lipinski definition) is 5. The van der Waals surface area contributed by atoms with Crippen LogP contribution in [0.4, 0.5) is 0 Å². The number of aryl methyl sites for hydroxylation is 1. The molecule has 1 saturated heterocycles. The van der Waals surface area contributed by atoms with Crippen LogP contribution in [0, 0.1) is 6.92 Å². The second-order valence-electron chi connectivity index (χ2n) is 8.43. The number of carbonyl (C=O) groups is 1. The Bertz CT molecular complexity index is 1230. The van der Waals surface area contributed by atoms with Crippen molar-refractivity contribution in [3.8, 4) is 16.9 Å². The summed E-state index contributed by atoms with van der Waals surface area (Å²) in [6.45, 7) is 5.74. The Morgan fingerprint density at radius 2 is 1.91 bits per heavy atom. The molecule has 1 atom stereocenters. The summed E-state index contributed by atoms with van der Waals surface area (Å²) in [5.74, 6) is -0.117. The lowest BCUT2D eigenvalue weighted by molar-refractivity contribution is 0.0169. The molecule has 0 aliphatic carbocycles. The van der Waals surface area contributed by atoms with Crippen LogP contribution >= 0.6 is 11.3 Å². The highest BCUT2D eigenvalue weighted by Gasteiger charge is 2.25. The van der Waals surface area contributed by atoms with E-state index in [1.54, 1.807) is 16.0 Å². The fourth-order valence-corrected chi connectivity index (χ4v) is 5.18. The van der Waals surface area contributed by atoms with Gasteiger partial charge in [0.05, 0.1) is 30.5 Å². The summed E-state index contributed by atoms with van der Waals surface area (Å²) in [5, 5.41) is 10.1. The zero-order valence-corrected chi connectivity index (χ0v) is 20.0. The standard InChI is InChI=1S/C27H28N4O2S/c1-20-7-5-8-21(17-20)26-23(19-31(29-26)22-9-3-2-4-10-22)27(32)28-18-24(25-11-6-16-34-25)30-12-14-33-15-13-30/h2-11,16-17,19,24H,12-15,18H2,1H3,(H,28,32)/t24-/m1/s1. The van der Waals surface area contributed by atoms with Gasteiger partial charge >= 0.3 is 0 Å². The molecule has 2 aromatic heterocycles. The molecule has 1 N–H and O–H groups in total. The lowest BCUT2D eigenvalue weighted by atomic mass is 10.1. The van der Waals surface area contributed by atoms with Crippen LogP contribution < -0.4 is 5.32 Å². The van der Waals surface area contributed by atoms with E-state index in [4.69, 9.17) is 9.84 Å². The molecule has 1 aliphatic rings. The highest BCUT2D eigenvalue weighted by atomic mass is 32.1. The largest absolute Gasteiger partial charge is 0.379 e. The monoisotopic (exact) mass is 472 g/mol. The van der Waals surface area contributed by atoms with Crippen molar-refractivity contribution in [2.75, 3.05) is 32.8 Å². The van der Waals surface area contributed by atoms with E-state index in [9.17, 15) is 4.79 Å². The van der Waals surface area contributed by atoms with E-state index in [2.05, 4.69) is 33.8 Å². The number of ether oxygens (including phenoxy) is 1. The lowest BCUT2D eigenvalue weighted by Gasteiger charge is -2.34. The number of para-hydroxylation sites is 1. The molecule has 0 unspecified atom stereocenters. The molecule has 34 heavy (non-hydrogen) atoms. The molecule has 2 aromatic carbocycles. The highest BCUT2D eigenvalue weighted by Crippen LogP contribution is 2.27. The molecule has 0 saturated carbocycles. The fourth-order valence-electron chi connectivity index (χ4n) is 4.32. The Morgan fingerprint density at radius 3 is 2.65 bits per heavy atom. The molecular formula is C27H28N4O2S. The summed E-state index contributed by atoms with van der Waals surface area (Å²) >= 11 is 1.72. The third kappa shape index (κ3) is 4.97. The van der Waals surface area contributed by atoms with Gasteiger partial charge in [0.2, 0.25) is 0 Å². The molecule has 6 nitrogen and oxygen atoms in total. The number of hydrogen-bond donors (Lipinski definition) is 1. The number of rotatable bonds is 7. The van der Waals surface area contributed by atoms with Crippen molar-refractivity contribution in [2.45, 2.75) is 13.0 Å². The number of nitrogens with one attached hydrogen (secondary N) is 1. The maximum atomic E-state index is 13.5. The first-order chi connectivity index (χ1) is 16.7. The van der Waals surface area contributed by atoms with E-state index >= 15 is 0 Å². The second-order valence-corrected chi connectivity index (χ2v) is 9.41. The molecule has 1 aliphatic heterocycles. The van der Waals surface area contributed by atoms with Crippen molar-refractivity contribution in [1.29, 1.82) is 0 Å². The Morgan fingerprint density at radius 1 is 1.09 bits per heavy atom. The molecule has 174 valence electrons. The van der Waals surface area contributed by atoms with Crippen molar-refractivity contribution in [3.63, 3.8) is 0 Å². The first-order valence-electron chi connectivity index (χ1n) is 11.5. The minimum atomic E-state index is -0.117. The van der Waals surface area contributed by atoms with Gasteiger partial charge in [-0.25, -0.2) is 4.68 Å². The summed E-state index contributed by atoms with van der Waals surface area (Å²) in [7, 11) is 0. The third-order valence-electron chi connectivity index (χ3n) is 6.09. The first kappa shape index (κ1) is 22.5. The molecule has 1 fully saturated rings. The van der Waals surface area contributed by atoms with E-state index in [0.717, 1.165) is 43.1 Å². The second kappa shape index (κ2) is 10.3. The van der Waals surface area contributed by atoms with Crippen LogP contribution in [-0.2, 0) is 4.74 Å². The molecule has 0 bridgehead atoms. The molecule has 0 radical (unpaired) electrons. The van der Waals surface area contributed by atoms with E-state index in [1.807, 2.05) is 61.7 Å². The lowest BCUT2D eigenvalue weighted by Crippen LogP contribution is -2.43. The van der Waals surface area contributed by atoms with Gasteiger partial charge in [-0.1, -0.05) is 48.0 Å². The summed E-state index contributed by atoms with van der Waals surface area (Å²) in [4.78, 5) is 17.2. The van der Waals surface area contributed by atoms with Crippen LogP contribution in [0.15, 0.2) is 78.3 Å². The Labute approximate surface area is 203 Å². The maximum Gasteiger partial charge on any atom is 0.255 e. The zero-order valence-electron chi connectivity index (χ0n) is 19.2. The number of benzene rings is 2. The van der Waals surface area contributed by atoms with Crippen molar-refractivity contribution >= 4 is 17.2 Å². The van der Waals surface area contributed by atoms with Crippen LogP contribution in [0.3, 0.4) is 0 Å². The van der Waals surface area contributed by atoms with E-state index < -0.39 is 0 Å². The van der Waals surface area contributed by atoms with E-state index in [1.165, 1.54) is 4.88 Å². The Balaban J connectivity index is 1.43. The molecule has 7 heteroatoms. The number of morpholine rings is 1. The van der Waals surface area contributed by atoms with Crippen LogP contribution in [0.5, 0.6) is 0 Å². The average molecular weight is 473 g/mol. The zero-order chi connectivity index (χ0) is 23.3. The van der Waals surface area contributed by atoms with Gasteiger partial charge in [0.1, 0.15) is 5.69 Å². The van der Waals surface area contributed by atoms with Gasteiger partial charge in [-0.15, -0.1) is 11.3 Å². The minimum Gasteiger partial charge on any atom is -0.379 e. The van der Waals surface area contributed by atoms with Crippen LogP contribution in [0.2, 0.25) is 0 Å². The number of carbonyl (C=O) groups excluding carboxylic acids is 1. The van der Waals surface area contributed by atoms with Gasteiger partial charge in [-0.05, 0) is 36.6 Å². The maximum absolute atomic E-state index is 13.5. The van der Waals surface area contributed by atoms with Crippen LogP contribution in [0.25, 0.3) is 16.9 Å². The van der Waals surface area contributed by atoms with Crippen LogP contribution in [0.1, 0.15) is 26.8 Å². The molecular weight excluding hydrogens is 444 g/mol. The van der Waals surface area contributed by atoms with Gasteiger partial charge in [0, 0.05) is 36.3 Å². The van der Waals surface area contributed by atoms with Gasteiger partial charge in [-0.3, -0.25) is 9.69 Å². The van der Waals surface area contributed by atoms with E-state index in [-0.39, 0.29) is 11.9 Å². The summed E-state index contributed by atoms with van der Waals surface area (Å²) in [5.41, 5.74) is 4.23. The first-order valence-corrected chi connectivity index (χ1v) is 12.4. The van der Waals surface area contributed by atoms with Gasteiger partial charge in [0.15, 0.2) is 0 Å². The normalized spacial score (nSPS) is 15.2. The van der Waals surface area contributed by atoms with Crippen molar-refractivity contribution < 1.29 is 9.53 Å². The SMILES string of the molecule is Cc1cccc(-c2nn(-c3ccccc3)cc2C(=O)NC[C@H](c2cccs2)N2CCOCC2)c1. The number of aromatic nitrogens is 2. The molecule has 5 rings (SSSR count). The van der Waals surface area contributed by atoms with Crippen molar-refractivity contribution in [2.24, 2.45) is 0 Å².